The van der Waals surface area contributed by atoms with E-state index >= 15 is 0 Å². The van der Waals surface area contributed by atoms with Crippen LogP contribution < -0.4 is 16.8 Å². The number of anilines is 1. The van der Waals surface area contributed by atoms with E-state index in [9.17, 15) is 14.4 Å². The number of hydrogen-bond acceptors (Lipinski definition) is 5. The lowest BCUT2D eigenvalue weighted by atomic mass is 10.1. The maximum absolute atomic E-state index is 12.1. The normalized spacial score (nSPS) is 12.9. The quantitative estimate of drug-likeness (QED) is 0.273. The number of para-hydroxylation sites is 1. The lowest BCUT2D eigenvalue weighted by Crippen LogP contribution is -2.49. The van der Waals surface area contributed by atoms with Crippen LogP contribution in [-0.4, -0.2) is 66.2 Å². The number of aromatic nitrogens is 1. The zero-order valence-corrected chi connectivity index (χ0v) is 22.9. The Morgan fingerprint density at radius 1 is 0.950 bits per heavy atom. The molecule has 9 heteroatoms. The number of carbonyl (C=O) groups excluding carboxylic acids is 3. The van der Waals surface area contributed by atoms with Crippen LogP contribution in [0, 0.1) is 0 Å². The summed E-state index contributed by atoms with van der Waals surface area (Å²) in [6.45, 7) is 3.88. The van der Waals surface area contributed by atoms with Crippen LogP contribution in [0.4, 0.5) is 10.5 Å². The van der Waals surface area contributed by atoms with Crippen LogP contribution in [0.15, 0.2) is 85.1 Å². The molecule has 9 nitrogen and oxygen atoms in total. The predicted octanol–water partition coefficient (Wildman–Crippen LogP) is 4.01. The van der Waals surface area contributed by atoms with E-state index in [1.807, 2.05) is 73.9 Å². The van der Waals surface area contributed by atoms with Crippen LogP contribution in [0.3, 0.4) is 0 Å². The van der Waals surface area contributed by atoms with Gasteiger partial charge in [-0.3, -0.25) is 9.59 Å². The third kappa shape index (κ3) is 9.68. The number of primary amides is 1. The number of aromatic amines is 1. The number of nitrogens with one attached hydrogen (secondary N) is 2. The summed E-state index contributed by atoms with van der Waals surface area (Å²) in [4.78, 5) is 39.8. The summed E-state index contributed by atoms with van der Waals surface area (Å²) in [5, 5.41) is 4.10. The fourth-order valence-corrected chi connectivity index (χ4v) is 4.14. The molecule has 2 heterocycles. The Hall–Kier alpha value is -4.47. The number of likely N-dealkylation sites (N-methyl/N-ethyl adjacent to an activating group) is 1. The van der Waals surface area contributed by atoms with Crippen LogP contribution in [0.25, 0.3) is 10.9 Å². The van der Waals surface area contributed by atoms with Crippen LogP contribution in [0.5, 0.6) is 0 Å². The largest absolute Gasteiger partial charge is 0.361 e. The number of aldehydes is 1. The third-order valence-electron chi connectivity index (χ3n) is 6.49. The number of nitrogens with two attached hydrogens (primary N) is 2. The van der Waals surface area contributed by atoms with Gasteiger partial charge >= 0.3 is 6.03 Å². The van der Waals surface area contributed by atoms with Gasteiger partial charge in [0.05, 0.1) is 0 Å². The molecular formula is C31H38N6O3. The first-order valence-electron chi connectivity index (χ1n) is 13.3. The summed E-state index contributed by atoms with van der Waals surface area (Å²) >= 11 is 0. The van der Waals surface area contributed by atoms with Crippen molar-refractivity contribution in [3.8, 4) is 0 Å². The predicted molar refractivity (Wildman–Crippen MR) is 160 cm³/mol. The Labute approximate surface area is 235 Å². The molecule has 1 saturated heterocycles. The number of fused-ring (bicyclic) bond motifs is 1. The van der Waals surface area contributed by atoms with Crippen molar-refractivity contribution >= 4 is 34.8 Å². The molecule has 210 valence electrons. The molecule has 0 atom stereocenters. The Morgan fingerprint density at radius 3 is 2.30 bits per heavy atom. The molecule has 0 spiro atoms. The number of nitrogens with zero attached hydrogens (tertiary/aromatic N) is 2. The molecule has 5 rings (SSSR count). The summed E-state index contributed by atoms with van der Waals surface area (Å²) in [5.41, 5.74) is 15.5. The first kappa shape index (κ1) is 30.1. The van der Waals surface area contributed by atoms with E-state index in [1.54, 1.807) is 17.0 Å². The number of aryl methyl sites for hydroxylation is 1. The van der Waals surface area contributed by atoms with Crippen molar-refractivity contribution in [1.29, 1.82) is 0 Å². The van der Waals surface area contributed by atoms with Crippen molar-refractivity contribution in [1.82, 2.24) is 14.8 Å². The fourth-order valence-electron chi connectivity index (χ4n) is 4.14. The lowest BCUT2D eigenvalue weighted by Gasteiger charge is -2.30. The van der Waals surface area contributed by atoms with Crippen molar-refractivity contribution in [2.75, 3.05) is 38.5 Å². The summed E-state index contributed by atoms with van der Waals surface area (Å²) in [6, 6.07) is 24.6. The maximum atomic E-state index is 12.1. The fraction of sp³-hybridized carbons (Fsp3) is 0.258. The summed E-state index contributed by atoms with van der Waals surface area (Å²) < 4.78 is 0. The summed E-state index contributed by atoms with van der Waals surface area (Å²) in [6.07, 6.45) is 3.98. The second-order valence-electron chi connectivity index (χ2n) is 9.47. The molecule has 1 aromatic heterocycles. The number of benzene rings is 3. The second-order valence-corrected chi connectivity index (χ2v) is 9.47. The van der Waals surface area contributed by atoms with E-state index < -0.39 is 0 Å². The average Bonchev–Trinajstić information content (AvgIpc) is 3.40. The SMILES string of the molecule is CN1CCN(C(N)=O)CC1.NCc1cccc(NC(=O)CCc2c[nH]c3ccccc23)c1.O=Cc1ccccc1. The van der Waals surface area contributed by atoms with Gasteiger partial charge in [0.1, 0.15) is 6.29 Å². The molecular weight excluding hydrogens is 504 g/mol. The first-order valence-corrected chi connectivity index (χ1v) is 13.3. The molecule has 40 heavy (non-hydrogen) atoms. The zero-order chi connectivity index (χ0) is 28.7. The van der Waals surface area contributed by atoms with Gasteiger partial charge in [-0.05, 0) is 42.8 Å². The molecule has 3 aromatic carbocycles. The van der Waals surface area contributed by atoms with Crippen LogP contribution in [-0.2, 0) is 17.8 Å². The molecule has 0 bridgehead atoms. The van der Waals surface area contributed by atoms with Crippen LogP contribution in [0.1, 0.15) is 27.9 Å². The third-order valence-corrected chi connectivity index (χ3v) is 6.49. The molecule has 0 radical (unpaired) electrons. The summed E-state index contributed by atoms with van der Waals surface area (Å²) in [7, 11) is 2.04. The topological polar surface area (TPSA) is 138 Å². The van der Waals surface area contributed by atoms with Crippen molar-refractivity contribution in [3.05, 3.63) is 102 Å². The van der Waals surface area contributed by atoms with Gasteiger partial charge < -0.3 is 31.6 Å². The minimum atomic E-state index is -0.298. The highest BCUT2D eigenvalue weighted by Crippen LogP contribution is 2.19. The summed E-state index contributed by atoms with van der Waals surface area (Å²) in [5.74, 6) is 0.0134. The maximum Gasteiger partial charge on any atom is 0.314 e. The van der Waals surface area contributed by atoms with Crippen molar-refractivity contribution in [3.63, 3.8) is 0 Å². The van der Waals surface area contributed by atoms with Gasteiger partial charge in [0.15, 0.2) is 0 Å². The molecule has 0 saturated carbocycles. The molecule has 1 aliphatic rings. The second kappa shape index (κ2) is 15.8. The van der Waals surface area contributed by atoms with Crippen molar-refractivity contribution in [2.45, 2.75) is 19.4 Å². The Morgan fingerprint density at radius 2 is 1.65 bits per heavy atom. The van der Waals surface area contributed by atoms with Gasteiger partial charge in [-0.25, -0.2) is 4.79 Å². The number of amides is 3. The standard InChI is InChI=1S/C18H19N3O.C7H6O.C6H13N3O/c19-11-13-4-3-5-15(10-13)21-18(22)9-8-14-12-20-17-7-2-1-6-16(14)17;8-6-7-4-2-1-3-5-7;1-8-2-4-9(5-3-8)6(7)10/h1-7,10,12,20H,8-9,11,19H2,(H,21,22);1-6H;2-5H2,1H3,(H2,7,10). The number of carbonyl (C=O) groups is 3. The Bertz CT molecular complexity index is 1360. The van der Waals surface area contributed by atoms with E-state index in [-0.39, 0.29) is 11.9 Å². The van der Waals surface area contributed by atoms with Crippen molar-refractivity contribution in [2.24, 2.45) is 11.5 Å². The highest BCUT2D eigenvalue weighted by molar-refractivity contribution is 5.91. The molecule has 3 amide bonds. The van der Waals surface area contributed by atoms with E-state index in [0.29, 0.717) is 19.4 Å². The van der Waals surface area contributed by atoms with Gasteiger partial charge in [-0.1, -0.05) is 60.7 Å². The van der Waals surface area contributed by atoms with Crippen LogP contribution >= 0.6 is 0 Å². The molecule has 4 aromatic rings. The van der Waals surface area contributed by atoms with E-state index in [0.717, 1.165) is 54.8 Å². The first-order chi connectivity index (χ1) is 19.4. The molecule has 1 fully saturated rings. The molecule has 1 aliphatic heterocycles. The highest BCUT2D eigenvalue weighted by Gasteiger charge is 2.15. The van der Waals surface area contributed by atoms with Gasteiger partial charge in [-0.2, -0.15) is 0 Å². The lowest BCUT2D eigenvalue weighted by molar-refractivity contribution is -0.116. The minimum absolute atomic E-state index is 0.0134. The minimum Gasteiger partial charge on any atom is -0.361 e. The molecule has 0 aliphatic carbocycles. The van der Waals surface area contributed by atoms with Gasteiger partial charge in [0, 0.05) is 67.5 Å². The van der Waals surface area contributed by atoms with Crippen molar-refractivity contribution < 1.29 is 14.4 Å². The Kier molecular flexibility index (Phi) is 11.9. The number of urea groups is 1. The smallest absolute Gasteiger partial charge is 0.314 e. The van der Waals surface area contributed by atoms with E-state index in [1.165, 1.54) is 10.9 Å². The number of rotatable bonds is 6. The van der Waals surface area contributed by atoms with Gasteiger partial charge in [0.2, 0.25) is 5.91 Å². The number of hydrogen-bond donors (Lipinski definition) is 4. The van der Waals surface area contributed by atoms with Gasteiger partial charge in [-0.15, -0.1) is 0 Å². The van der Waals surface area contributed by atoms with E-state index in [4.69, 9.17) is 11.5 Å². The Balaban J connectivity index is 0.000000201. The number of H-pyrrole nitrogens is 1. The van der Waals surface area contributed by atoms with Gasteiger partial charge in [0.25, 0.3) is 0 Å². The zero-order valence-electron chi connectivity index (χ0n) is 22.9. The number of piperazine rings is 1. The highest BCUT2D eigenvalue weighted by atomic mass is 16.2. The van der Waals surface area contributed by atoms with E-state index in [2.05, 4.69) is 21.3 Å². The molecule has 0 unspecified atom stereocenters. The monoisotopic (exact) mass is 542 g/mol. The average molecular weight is 543 g/mol. The van der Waals surface area contributed by atoms with Crippen LogP contribution in [0.2, 0.25) is 0 Å². The molecule has 6 N–H and O–H groups in total.